The van der Waals surface area contributed by atoms with Gasteiger partial charge in [-0.3, -0.25) is 10.1 Å². The van der Waals surface area contributed by atoms with Crippen LogP contribution in [-0.2, 0) is 11.2 Å². The summed E-state index contributed by atoms with van der Waals surface area (Å²) in [5.74, 6) is -1.27. The van der Waals surface area contributed by atoms with Crippen molar-refractivity contribution >= 4 is 11.6 Å². The number of nitrogens with one attached hydrogen (secondary N) is 1. The molecule has 5 heteroatoms. The van der Waals surface area contributed by atoms with Crippen molar-refractivity contribution in [3.05, 3.63) is 65.2 Å². The summed E-state index contributed by atoms with van der Waals surface area (Å²) < 4.78 is 27.0. The molecule has 0 spiro atoms. The molecule has 1 heterocycles. The number of para-hydroxylation sites is 1. The third-order valence-corrected chi connectivity index (χ3v) is 4.74. The van der Waals surface area contributed by atoms with Crippen molar-refractivity contribution in [3.8, 4) is 0 Å². The molecule has 1 amide bonds. The second kappa shape index (κ2) is 6.92. The number of carbonyl (C=O) groups excluding carboxylic acids is 1. The van der Waals surface area contributed by atoms with Crippen LogP contribution in [0.25, 0.3) is 0 Å². The van der Waals surface area contributed by atoms with Gasteiger partial charge >= 0.3 is 0 Å². The Morgan fingerprint density at radius 3 is 2.64 bits per heavy atom. The Bertz CT molecular complexity index is 793. The van der Waals surface area contributed by atoms with Crippen LogP contribution in [0.5, 0.6) is 0 Å². The minimum Gasteiger partial charge on any atom is -0.308 e. The molecule has 25 heavy (non-hydrogen) atoms. The molecule has 0 saturated carbocycles. The molecule has 0 bridgehead atoms. The van der Waals surface area contributed by atoms with Gasteiger partial charge in [0.15, 0.2) is 0 Å². The van der Waals surface area contributed by atoms with Gasteiger partial charge in [0, 0.05) is 29.4 Å². The van der Waals surface area contributed by atoms with Gasteiger partial charge in [0.2, 0.25) is 5.91 Å². The summed E-state index contributed by atoms with van der Waals surface area (Å²) in [5, 5.41) is 3.13. The van der Waals surface area contributed by atoms with E-state index in [1.165, 1.54) is 12.1 Å². The molecule has 3 unspecified atom stereocenters. The summed E-state index contributed by atoms with van der Waals surface area (Å²) >= 11 is 0. The molecule has 132 valence electrons. The van der Waals surface area contributed by atoms with Gasteiger partial charge in [0.05, 0.1) is 6.04 Å². The average Bonchev–Trinajstić information content (AvgIpc) is 2.89. The Labute approximate surface area is 146 Å². The summed E-state index contributed by atoms with van der Waals surface area (Å²) in [4.78, 5) is 14.7. The Morgan fingerprint density at radius 1 is 1.20 bits per heavy atom. The van der Waals surface area contributed by atoms with Crippen LogP contribution in [0.15, 0.2) is 42.5 Å². The van der Waals surface area contributed by atoms with Crippen LogP contribution in [0.3, 0.4) is 0 Å². The third kappa shape index (κ3) is 3.42. The first-order valence-corrected chi connectivity index (χ1v) is 8.50. The van der Waals surface area contributed by atoms with Gasteiger partial charge in [0.1, 0.15) is 11.6 Å². The summed E-state index contributed by atoms with van der Waals surface area (Å²) in [6, 6.07) is 10.6. The fourth-order valence-corrected chi connectivity index (χ4v) is 3.50. The van der Waals surface area contributed by atoms with Gasteiger partial charge in [-0.05, 0) is 44.9 Å². The van der Waals surface area contributed by atoms with E-state index in [4.69, 9.17) is 0 Å². The van der Waals surface area contributed by atoms with Crippen molar-refractivity contribution in [1.29, 1.82) is 0 Å². The standard InChI is InChI=1S/C20H22F2N2O/c1-12-10-15-6-4-5-7-19(15)24(12)20(25)14(3)23-13(2)17-9-8-16(21)11-18(17)22/h4-9,11-14,23H,10H2,1-3H3. The molecule has 0 radical (unpaired) electrons. The van der Waals surface area contributed by atoms with Gasteiger partial charge in [0.25, 0.3) is 0 Å². The smallest absolute Gasteiger partial charge is 0.244 e. The zero-order valence-corrected chi connectivity index (χ0v) is 14.6. The molecule has 2 aromatic rings. The molecule has 0 aromatic heterocycles. The van der Waals surface area contributed by atoms with E-state index in [-0.39, 0.29) is 11.9 Å². The number of benzene rings is 2. The number of hydrogen-bond donors (Lipinski definition) is 1. The quantitative estimate of drug-likeness (QED) is 0.910. The lowest BCUT2D eigenvalue weighted by molar-refractivity contribution is -0.120. The Balaban J connectivity index is 1.75. The predicted molar refractivity (Wildman–Crippen MR) is 94.5 cm³/mol. The van der Waals surface area contributed by atoms with E-state index < -0.39 is 23.7 Å². The van der Waals surface area contributed by atoms with Crippen LogP contribution in [0, 0.1) is 11.6 Å². The normalized spacial score (nSPS) is 18.8. The maximum Gasteiger partial charge on any atom is 0.244 e. The fourth-order valence-electron chi connectivity index (χ4n) is 3.50. The van der Waals surface area contributed by atoms with E-state index in [1.807, 2.05) is 31.2 Å². The SMILES string of the molecule is CC(NC(C)c1ccc(F)cc1F)C(=O)N1c2ccccc2CC1C. The number of hydrogen-bond acceptors (Lipinski definition) is 2. The molecule has 2 aromatic carbocycles. The van der Waals surface area contributed by atoms with Crippen molar-refractivity contribution in [3.63, 3.8) is 0 Å². The monoisotopic (exact) mass is 344 g/mol. The summed E-state index contributed by atoms with van der Waals surface area (Å²) in [6.07, 6.45) is 0.830. The number of anilines is 1. The number of carbonyl (C=O) groups is 1. The number of rotatable bonds is 4. The van der Waals surface area contributed by atoms with Crippen LogP contribution >= 0.6 is 0 Å². The largest absolute Gasteiger partial charge is 0.308 e. The van der Waals surface area contributed by atoms with Crippen LogP contribution < -0.4 is 10.2 Å². The summed E-state index contributed by atoms with van der Waals surface area (Å²) in [5.41, 5.74) is 2.44. The average molecular weight is 344 g/mol. The van der Waals surface area contributed by atoms with Crippen molar-refractivity contribution in [2.75, 3.05) is 4.90 Å². The van der Waals surface area contributed by atoms with Gasteiger partial charge < -0.3 is 4.90 Å². The summed E-state index contributed by atoms with van der Waals surface area (Å²) in [7, 11) is 0. The highest BCUT2D eigenvalue weighted by Gasteiger charge is 2.33. The van der Waals surface area contributed by atoms with Crippen LogP contribution in [0.4, 0.5) is 14.5 Å². The molecule has 3 nitrogen and oxygen atoms in total. The Hall–Kier alpha value is -2.27. The predicted octanol–water partition coefficient (Wildman–Crippen LogP) is 3.98. The number of nitrogens with zero attached hydrogens (tertiary/aromatic N) is 1. The number of halogens is 2. The second-order valence-corrected chi connectivity index (χ2v) is 6.67. The minimum absolute atomic E-state index is 0.0492. The zero-order valence-electron chi connectivity index (χ0n) is 14.6. The van der Waals surface area contributed by atoms with E-state index >= 15 is 0 Å². The van der Waals surface area contributed by atoms with Crippen molar-refractivity contribution in [2.45, 2.75) is 45.3 Å². The first kappa shape index (κ1) is 17.5. The molecule has 3 rings (SSSR count). The molecule has 1 aliphatic heterocycles. The number of fused-ring (bicyclic) bond motifs is 1. The van der Waals surface area contributed by atoms with E-state index in [0.717, 1.165) is 23.7 Å². The van der Waals surface area contributed by atoms with Crippen LogP contribution in [0.1, 0.15) is 37.9 Å². The maximum atomic E-state index is 13.9. The van der Waals surface area contributed by atoms with Gasteiger partial charge in [-0.15, -0.1) is 0 Å². The van der Waals surface area contributed by atoms with E-state index in [1.54, 1.807) is 18.7 Å². The molecule has 0 fully saturated rings. The molecule has 3 atom stereocenters. The Morgan fingerprint density at radius 2 is 1.92 bits per heavy atom. The molecule has 0 aliphatic carbocycles. The lowest BCUT2D eigenvalue weighted by Gasteiger charge is -2.28. The minimum atomic E-state index is -0.612. The zero-order chi connectivity index (χ0) is 18.1. The van der Waals surface area contributed by atoms with Crippen molar-refractivity contribution in [2.24, 2.45) is 0 Å². The number of amides is 1. The van der Waals surface area contributed by atoms with Crippen molar-refractivity contribution in [1.82, 2.24) is 5.32 Å². The van der Waals surface area contributed by atoms with E-state index in [9.17, 15) is 13.6 Å². The summed E-state index contributed by atoms with van der Waals surface area (Å²) in [6.45, 7) is 5.56. The molecule has 1 aliphatic rings. The van der Waals surface area contributed by atoms with E-state index in [2.05, 4.69) is 5.32 Å². The second-order valence-electron chi connectivity index (χ2n) is 6.67. The fraction of sp³-hybridized carbons (Fsp3) is 0.350. The third-order valence-electron chi connectivity index (χ3n) is 4.74. The van der Waals surface area contributed by atoms with Crippen LogP contribution in [0.2, 0.25) is 0 Å². The van der Waals surface area contributed by atoms with E-state index in [0.29, 0.717) is 5.56 Å². The molecular formula is C20H22F2N2O. The highest BCUT2D eigenvalue weighted by Crippen LogP contribution is 2.32. The molecular weight excluding hydrogens is 322 g/mol. The van der Waals surface area contributed by atoms with Crippen LogP contribution in [-0.4, -0.2) is 18.0 Å². The topological polar surface area (TPSA) is 32.3 Å². The highest BCUT2D eigenvalue weighted by molar-refractivity contribution is 5.99. The highest BCUT2D eigenvalue weighted by atomic mass is 19.1. The lowest BCUT2D eigenvalue weighted by atomic mass is 10.1. The maximum absolute atomic E-state index is 13.9. The first-order chi connectivity index (χ1) is 11.9. The first-order valence-electron chi connectivity index (χ1n) is 8.50. The van der Waals surface area contributed by atoms with Gasteiger partial charge in [-0.2, -0.15) is 0 Å². The molecule has 0 saturated heterocycles. The lowest BCUT2D eigenvalue weighted by Crippen LogP contribution is -2.48. The van der Waals surface area contributed by atoms with Gasteiger partial charge in [-0.1, -0.05) is 24.3 Å². The van der Waals surface area contributed by atoms with Crippen molar-refractivity contribution < 1.29 is 13.6 Å². The molecule has 1 N–H and O–H groups in total. The Kier molecular flexibility index (Phi) is 4.86. The van der Waals surface area contributed by atoms with Gasteiger partial charge in [-0.25, -0.2) is 8.78 Å².